The summed E-state index contributed by atoms with van der Waals surface area (Å²) < 4.78 is 4.47. The van der Waals surface area contributed by atoms with Crippen LogP contribution in [0.25, 0.3) is 0 Å². The maximum atomic E-state index is 11.1. The number of rotatable bonds is 3. The number of carbonyl (C=O) groups excluding carboxylic acids is 1. The van der Waals surface area contributed by atoms with Crippen LogP contribution in [0.4, 0.5) is 0 Å². The highest BCUT2D eigenvalue weighted by molar-refractivity contribution is 6.14. The molecule has 0 aliphatic heterocycles. The molecular weight excluding hydrogens is 214 g/mol. The summed E-state index contributed by atoms with van der Waals surface area (Å²) in [5.74, 6) is -0.553. The predicted octanol–water partition coefficient (Wildman–Crippen LogP) is 0.341. The van der Waals surface area contributed by atoms with E-state index in [4.69, 9.17) is 5.41 Å². The first-order valence-electron chi connectivity index (χ1n) is 4.22. The summed E-state index contributed by atoms with van der Waals surface area (Å²) in [6.45, 7) is 0. The minimum Gasteiger partial charge on any atom is -0.465 e. The molecule has 7 nitrogen and oxygen atoms in total. The molecule has 1 aliphatic carbocycles. The highest BCUT2D eigenvalue weighted by Gasteiger charge is 2.13. The number of methoxy groups -OCH3 is 1. The maximum Gasteiger partial charge on any atom is 0.337 e. The van der Waals surface area contributed by atoms with Crippen molar-refractivity contribution in [3.8, 4) is 0 Å². The second-order valence-electron chi connectivity index (χ2n) is 2.82. The zero-order valence-corrected chi connectivity index (χ0v) is 8.39. The Hall–Kier alpha value is -2.44. The molecule has 0 aromatic heterocycles. The zero-order valence-electron chi connectivity index (χ0n) is 8.39. The van der Waals surface area contributed by atoms with Crippen molar-refractivity contribution in [2.45, 2.75) is 0 Å². The fraction of sp³-hybridized carbons (Fsp3) is 0.111. The van der Waals surface area contributed by atoms with Gasteiger partial charge in [-0.15, -0.1) is 5.43 Å². The van der Waals surface area contributed by atoms with Gasteiger partial charge in [-0.1, -0.05) is 6.08 Å². The summed E-state index contributed by atoms with van der Waals surface area (Å²) in [7, 11) is 1.24. The van der Waals surface area contributed by atoms with Crippen molar-refractivity contribution in [3.63, 3.8) is 0 Å². The number of carbonyl (C=O) groups is 1. The molecule has 0 bridgehead atoms. The fourth-order valence-corrected chi connectivity index (χ4v) is 1.05. The molecule has 2 N–H and O–H groups in total. The molecule has 0 aromatic carbocycles. The van der Waals surface area contributed by atoms with Crippen LogP contribution in [0.5, 0.6) is 0 Å². The molecule has 0 saturated carbocycles. The van der Waals surface area contributed by atoms with Crippen molar-refractivity contribution >= 4 is 11.7 Å². The standard InChI is InChI=1S/C9H9N3O4/c1-16-9(13)6-2-3-7(8(10)4-6)5-11-12(14)15/h2-5,10-11H,1H3/b7-5-,10-8?. The number of nitrogens with one attached hydrogen (secondary N) is 2. The molecule has 7 heteroatoms. The van der Waals surface area contributed by atoms with Gasteiger partial charge in [0.15, 0.2) is 5.03 Å². The fourth-order valence-electron chi connectivity index (χ4n) is 1.05. The van der Waals surface area contributed by atoms with E-state index in [0.29, 0.717) is 5.57 Å². The topological polar surface area (TPSA) is 105 Å². The van der Waals surface area contributed by atoms with Gasteiger partial charge in [0.25, 0.3) is 0 Å². The molecule has 0 spiro atoms. The molecule has 0 atom stereocenters. The number of hydrogen-bond acceptors (Lipinski definition) is 5. The summed E-state index contributed by atoms with van der Waals surface area (Å²) in [5, 5.41) is 16.8. The Morgan fingerprint density at radius 3 is 2.81 bits per heavy atom. The summed E-state index contributed by atoms with van der Waals surface area (Å²) in [4.78, 5) is 21.1. The van der Waals surface area contributed by atoms with E-state index in [1.165, 1.54) is 25.3 Å². The lowest BCUT2D eigenvalue weighted by Crippen LogP contribution is -2.17. The van der Waals surface area contributed by atoms with E-state index < -0.39 is 11.0 Å². The number of hydrogen-bond donors (Lipinski definition) is 2. The molecule has 0 amide bonds. The first kappa shape index (κ1) is 11.6. The van der Waals surface area contributed by atoms with E-state index in [9.17, 15) is 14.9 Å². The lowest BCUT2D eigenvalue weighted by molar-refractivity contribution is -0.532. The van der Waals surface area contributed by atoms with Crippen molar-refractivity contribution in [3.05, 3.63) is 45.7 Å². The van der Waals surface area contributed by atoms with Gasteiger partial charge in [0.1, 0.15) is 0 Å². The molecule has 0 unspecified atom stereocenters. The van der Waals surface area contributed by atoms with Crippen LogP contribution in [0.1, 0.15) is 0 Å². The van der Waals surface area contributed by atoms with Crippen LogP contribution in [0, 0.1) is 15.5 Å². The normalized spacial score (nSPS) is 16.9. The van der Waals surface area contributed by atoms with Gasteiger partial charge in [0, 0.05) is 5.57 Å². The number of esters is 1. The molecule has 0 radical (unpaired) electrons. The van der Waals surface area contributed by atoms with E-state index in [2.05, 4.69) is 4.74 Å². The molecule has 0 aromatic rings. The molecule has 16 heavy (non-hydrogen) atoms. The summed E-state index contributed by atoms with van der Waals surface area (Å²) in [6.07, 6.45) is 5.20. The third kappa shape index (κ3) is 2.77. The van der Waals surface area contributed by atoms with Crippen LogP contribution in [0.15, 0.2) is 35.6 Å². The number of nitro groups is 1. The Balaban J connectivity index is 2.81. The molecule has 0 saturated heterocycles. The minimum atomic E-state index is -0.742. The first-order valence-corrected chi connectivity index (χ1v) is 4.22. The van der Waals surface area contributed by atoms with E-state index in [0.717, 1.165) is 6.20 Å². The van der Waals surface area contributed by atoms with Crippen molar-refractivity contribution < 1.29 is 14.6 Å². The Bertz CT molecular complexity index is 434. The lowest BCUT2D eigenvalue weighted by atomic mass is 10.0. The van der Waals surface area contributed by atoms with Gasteiger partial charge in [0.2, 0.25) is 0 Å². The Morgan fingerprint density at radius 1 is 1.62 bits per heavy atom. The third-order valence-corrected chi connectivity index (χ3v) is 1.80. The Morgan fingerprint density at radius 2 is 2.31 bits per heavy atom. The molecule has 0 heterocycles. The van der Waals surface area contributed by atoms with E-state index in [-0.39, 0.29) is 11.3 Å². The van der Waals surface area contributed by atoms with Crippen LogP contribution in [-0.4, -0.2) is 23.8 Å². The van der Waals surface area contributed by atoms with E-state index in [1.54, 1.807) is 0 Å². The van der Waals surface area contributed by atoms with Crippen LogP contribution in [-0.2, 0) is 9.53 Å². The second-order valence-corrected chi connectivity index (χ2v) is 2.82. The van der Waals surface area contributed by atoms with Gasteiger partial charge in [0.05, 0.1) is 24.6 Å². The molecule has 1 aliphatic rings. The van der Waals surface area contributed by atoms with Crippen LogP contribution in [0.2, 0.25) is 0 Å². The number of ether oxygens (including phenoxy) is 1. The smallest absolute Gasteiger partial charge is 0.337 e. The van der Waals surface area contributed by atoms with Crippen LogP contribution < -0.4 is 5.43 Å². The van der Waals surface area contributed by atoms with Crippen LogP contribution >= 0.6 is 0 Å². The average Bonchev–Trinajstić information content (AvgIpc) is 2.26. The molecular formula is C9H9N3O4. The first-order chi connectivity index (χ1) is 7.54. The largest absolute Gasteiger partial charge is 0.465 e. The number of allylic oxidation sites excluding steroid dienone is 3. The van der Waals surface area contributed by atoms with Gasteiger partial charge in [-0.25, -0.2) is 14.9 Å². The van der Waals surface area contributed by atoms with Crippen molar-refractivity contribution in [2.24, 2.45) is 0 Å². The Kier molecular flexibility index (Phi) is 3.54. The summed E-state index contributed by atoms with van der Waals surface area (Å²) >= 11 is 0. The molecule has 84 valence electrons. The van der Waals surface area contributed by atoms with Gasteiger partial charge in [-0.05, 0) is 12.2 Å². The lowest BCUT2D eigenvalue weighted by Gasteiger charge is -2.07. The molecule has 0 fully saturated rings. The predicted molar refractivity (Wildman–Crippen MR) is 55.2 cm³/mol. The monoisotopic (exact) mass is 223 g/mol. The van der Waals surface area contributed by atoms with Gasteiger partial charge in [-0.2, -0.15) is 0 Å². The van der Waals surface area contributed by atoms with E-state index >= 15 is 0 Å². The second kappa shape index (κ2) is 4.87. The third-order valence-electron chi connectivity index (χ3n) is 1.80. The van der Waals surface area contributed by atoms with Gasteiger partial charge < -0.3 is 10.1 Å². The van der Waals surface area contributed by atoms with Gasteiger partial charge in [-0.3, -0.25) is 0 Å². The quantitative estimate of drug-likeness (QED) is 0.407. The highest BCUT2D eigenvalue weighted by Crippen LogP contribution is 2.13. The summed E-state index contributed by atoms with van der Waals surface area (Å²) in [6, 6.07) is 0. The minimum absolute atomic E-state index is 0.00255. The number of nitrogens with zero attached hydrogens (tertiary/aromatic N) is 1. The SMILES string of the molecule is COC(=O)C1=CC(=N)/C(=C\N[N+](=O)[O-])C=C1. The highest BCUT2D eigenvalue weighted by atomic mass is 16.7. The Labute approximate surface area is 90.7 Å². The maximum absolute atomic E-state index is 11.1. The van der Waals surface area contributed by atoms with Crippen LogP contribution in [0.3, 0.4) is 0 Å². The average molecular weight is 223 g/mol. The van der Waals surface area contributed by atoms with Crippen molar-refractivity contribution in [2.75, 3.05) is 7.11 Å². The zero-order chi connectivity index (χ0) is 12.1. The van der Waals surface area contributed by atoms with Crippen molar-refractivity contribution in [1.29, 1.82) is 5.41 Å². The molecule has 1 rings (SSSR count). The number of hydrazine groups is 1. The van der Waals surface area contributed by atoms with E-state index in [1.807, 2.05) is 5.43 Å². The van der Waals surface area contributed by atoms with Crippen molar-refractivity contribution in [1.82, 2.24) is 5.43 Å². The summed E-state index contributed by atoms with van der Waals surface area (Å²) in [5.41, 5.74) is 2.36. The van der Waals surface area contributed by atoms with Gasteiger partial charge >= 0.3 is 5.97 Å².